The molecular weight excluding hydrogens is 324 g/mol. The van der Waals surface area contributed by atoms with Gasteiger partial charge >= 0.3 is 5.69 Å². The number of nitrogens with one attached hydrogen (secondary N) is 1. The highest BCUT2D eigenvalue weighted by molar-refractivity contribution is 6.01. The van der Waals surface area contributed by atoms with E-state index in [1.807, 2.05) is 11.9 Å². The van der Waals surface area contributed by atoms with E-state index in [2.05, 4.69) is 10.1 Å². The number of hydrogen-bond acceptors (Lipinski definition) is 6. The lowest BCUT2D eigenvalue weighted by atomic mass is 9.95. The Kier molecular flexibility index (Phi) is 5.57. The zero-order valence-electron chi connectivity index (χ0n) is 14.7. The SMILES string of the molecule is CC/C(=N\N1CCOCC1)c1c(O)n(C2CCCCC2)c(=O)[nH]c1=O. The third kappa shape index (κ3) is 3.78. The van der Waals surface area contributed by atoms with E-state index in [1.54, 1.807) is 0 Å². The van der Waals surface area contributed by atoms with Gasteiger partial charge in [0.25, 0.3) is 5.56 Å². The van der Waals surface area contributed by atoms with Gasteiger partial charge in [0.2, 0.25) is 5.88 Å². The van der Waals surface area contributed by atoms with Crippen LogP contribution >= 0.6 is 0 Å². The number of aromatic amines is 1. The first-order valence-electron chi connectivity index (χ1n) is 9.10. The van der Waals surface area contributed by atoms with E-state index in [1.165, 1.54) is 4.57 Å². The second-order valence-electron chi connectivity index (χ2n) is 6.59. The van der Waals surface area contributed by atoms with Crippen molar-refractivity contribution in [1.29, 1.82) is 0 Å². The van der Waals surface area contributed by atoms with Crippen LogP contribution in [0, 0.1) is 0 Å². The van der Waals surface area contributed by atoms with Crippen LogP contribution in [-0.2, 0) is 4.74 Å². The van der Waals surface area contributed by atoms with Gasteiger partial charge in [0.1, 0.15) is 5.56 Å². The third-order valence-electron chi connectivity index (χ3n) is 4.93. The molecule has 0 unspecified atom stereocenters. The largest absolute Gasteiger partial charge is 0.494 e. The smallest absolute Gasteiger partial charge is 0.331 e. The molecule has 2 N–H and O–H groups in total. The summed E-state index contributed by atoms with van der Waals surface area (Å²) in [6.45, 7) is 4.35. The topological polar surface area (TPSA) is 99.9 Å². The van der Waals surface area contributed by atoms with Gasteiger partial charge in [-0.3, -0.25) is 19.4 Å². The Morgan fingerprint density at radius 3 is 2.56 bits per heavy atom. The summed E-state index contributed by atoms with van der Waals surface area (Å²) in [4.78, 5) is 27.0. The number of ether oxygens (including phenoxy) is 1. The zero-order valence-corrected chi connectivity index (χ0v) is 14.7. The molecule has 2 heterocycles. The summed E-state index contributed by atoms with van der Waals surface area (Å²) in [5, 5.41) is 17.1. The predicted octanol–water partition coefficient (Wildman–Crippen LogP) is 1.19. The van der Waals surface area contributed by atoms with Crippen molar-refractivity contribution < 1.29 is 9.84 Å². The van der Waals surface area contributed by atoms with Gasteiger partial charge in [0.15, 0.2) is 0 Å². The fourth-order valence-electron chi connectivity index (χ4n) is 3.60. The molecule has 1 aliphatic heterocycles. The maximum Gasteiger partial charge on any atom is 0.331 e. The summed E-state index contributed by atoms with van der Waals surface area (Å²) in [5.74, 6) is -0.255. The Balaban J connectivity index is 2.03. The minimum absolute atomic E-state index is 0.0710. The van der Waals surface area contributed by atoms with Crippen molar-refractivity contribution >= 4 is 5.71 Å². The van der Waals surface area contributed by atoms with E-state index < -0.39 is 11.2 Å². The fourth-order valence-corrected chi connectivity index (χ4v) is 3.60. The molecule has 1 aliphatic carbocycles. The first kappa shape index (κ1) is 17.7. The Bertz CT molecular complexity index is 740. The van der Waals surface area contributed by atoms with Crippen LogP contribution in [0.5, 0.6) is 5.88 Å². The monoisotopic (exact) mass is 350 g/mol. The van der Waals surface area contributed by atoms with Crippen LogP contribution in [0.1, 0.15) is 57.1 Å². The summed E-state index contributed by atoms with van der Waals surface area (Å²) in [7, 11) is 0. The van der Waals surface area contributed by atoms with Crippen LogP contribution in [0.4, 0.5) is 0 Å². The predicted molar refractivity (Wildman–Crippen MR) is 94.3 cm³/mol. The number of morpholine rings is 1. The Morgan fingerprint density at radius 1 is 1.24 bits per heavy atom. The second kappa shape index (κ2) is 7.86. The maximum atomic E-state index is 12.4. The first-order chi connectivity index (χ1) is 12.1. The molecule has 0 bridgehead atoms. The van der Waals surface area contributed by atoms with Gasteiger partial charge in [-0.15, -0.1) is 0 Å². The number of aromatic nitrogens is 2. The van der Waals surface area contributed by atoms with E-state index in [0.29, 0.717) is 38.4 Å². The van der Waals surface area contributed by atoms with Crippen LogP contribution in [0.2, 0.25) is 0 Å². The quantitative estimate of drug-likeness (QED) is 0.795. The zero-order chi connectivity index (χ0) is 17.8. The molecular formula is C17H26N4O4. The van der Waals surface area contributed by atoms with Crippen molar-refractivity contribution in [3.63, 3.8) is 0 Å². The fraction of sp³-hybridized carbons (Fsp3) is 0.706. The molecule has 8 heteroatoms. The number of rotatable bonds is 4. The van der Waals surface area contributed by atoms with Crippen molar-refractivity contribution in [1.82, 2.24) is 14.6 Å². The summed E-state index contributed by atoms with van der Waals surface area (Å²) in [6.07, 6.45) is 5.33. The third-order valence-corrected chi connectivity index (χ3v) is 4.93. The van der Waals surface area contributed by atoms with Crippen molar-refractivity contribution in [2.75, 3.05) is 26.3 Å². The molecule has 0 atom stereocenters. The van der Waals surface area contributed by atoms with E-state index in [-0.39, 0.29) is 17.5 Å². The lowest BCUT2D eigenvalue weighted by molar-refractivity contribution is 0.0393. The van der Waals surface area contributed by atoms with Gasteiger partial charge in [-0.25, -0.2) is 4.79 Å². The number of nitrogens with zero attached hydrogens (tertiary/aromatic N) is 3. The van der Waals surface area contributed by atoms with Crippen molar-refractivity contribution in [2.24, 2.45) is 5.10 Å². The standard InChI is InChI=1S/C17H26N4O4/c1-2-13(19-20-8-10-25-11-9-20)14-15(22)18-17(24)21(16(14)23)12-6-4-3-5-7-12/h12,23H,2-11H2,1H3,(H,18,22,24)/b19-13+. The Labute approximate surface area is 146 Å². The molecule has 1 saturated heterocycles. The summed E-state index contributed by atoms with van der Waals surface area (Å²) in [5.41, 5.74) is -0.521. The van der Waals surface area contributed by atoms with E-state index in [0.717, 1.165) is 32.1 Å². The minimum Gasteiger partial charge on any atom is -0.494 e. The highest BCUT2D eigenvalue weighted by atomic mass is 16.5. The number of aromatic hydroxyl groups is 1. The molecule has 8 nitrogen and oxygen atoms in total. The lowest BCUT2D eigenvalue weighted by Crippen LogP contribution is -2.38. The molecule has 0 aromatic carbocycles. The van der Waals surface area contributed by atoms with Crippen LogP contribution < -0.4 is 11.2 Å². The number of hydrazone groups is 1. The summed E-state index contributed by atoms with van der Waals surface area (Å²) in [6, 6.07) is -0.0710. The molecule has 0 radical (unpaired) electrons. The van der Waals surface area contributed by atoms with E-state index in [4.69, 9.17) is 4.74 Å². The molecule has 3 rings (SSSR count). The second-order valence-corrected chi connectivity index (χ2v) is 6.59. The summed E-state index contributed by atoms with van der Waals surface area (Å²) < 4.78 is 6.66. The van der Waals surface area contributed by atoms with Gasteiger partial charge < -0.3 is 9.84 Å². The minimum atomic E-state index is -0.580. The summed E-state index contributed by atoms with van der Waals surface area (Å²) >= 11 is 0. The van der Waals surface area contributed by atoms with Crippen molar-refractivity contribution in [2.45, 2.75) is 51.5 Å². The molecule has 0 amide bonds. The van der Waals surface area contributed by atoms with Crippen LogP contribution in [-0.4, -0.2) is 51.7 Å². The number of H-pyrrole nitrogens is 1. The van der Waals surface area contributed by atoms with Crippen LogP contribution in [0.25, 0.3) is 0 Å². The van der Waals surface area contributed by atoms with Crippen molar-refractivity contribution in [3.8, 4) is 5.88 Å². The first-order valence-corrected chi connectivity index (χ1v) is 9.10. The molecule has 25 heavy (non-hydrogen) atoms. The Hall–Kier alpha value is -2.09. The molecule has 2 fully saturated rings. The average Bonchev–Trinajstić information content (AvgIpc) is 2.62. The van der Waals surface area contributed by atoms with Crippen LogP contribution in [0.15, 0.2) is 14.7 Å². The van der Waals surface area contributed by atoms with E-state index >= 15 is 0 Å². The Morgan fingerprint density at radius 2 is 1.92 bits per heavy atom. The van der Waals surface area contributed by atoms with Gasteiger partial charge in [0.05, 0.1) is 32.0 Å². The van der Waals surface area contributed by atoms with E-state index in [9.17, 15) is 14.7 Å². The maximum absolute atomic E-state index is 12.4. The van der Waals surface area contributed by atoms with Gasteiger partial charge in [-0.05, 0) is 19.3 Å². The molecule has 1 saturated carbocycles. The van der Waals surface area contributed by atoms with Gasteiger partial charge in [0, 0.05) is 6.04 Å². The van der Waals surface area contributed by atoms with Gasteiger partial charge in [-0.2, -0.15) is 5.10 Å². The molecule has 0 spiro atoms. The molecule has 2 aliphatic rings. The normalized spacial score (nSPS) is 20.0. The van der Waals surface area contributed by atoms with Crippen LogP contribution in [0.3, 0.4) is 0 Å². The highest BCUT2D eigenvalue weighted by Crippen LogP contribution is 2.30. The highest BCUT2D eigenvalue weighted by Gasteiger charge is 2.25. The van der Waals surface area contributed by atoms with Gasteiger partial charge in [-0.1, -0.05) is 26.2 Å². The molecule has 1 aromatic heterocycles. The lowest BCUT2D eigenvalue weighted by Gasteiger charge is -2.26. The number of hydrogen-bond donors (Lipinski definition) is 2. The average molecular weight is 350 g/mol. The molecule has 138 valence electrons. The molecule has 1 aromatic rings. The van der Waals surface area contributed by atoms with Crippen molar-refractivity contribution in [3.05, 3.63) is 26.4 Å².